The van der Waals surface area contributed by atoms with Crippen LogP contribution in [-0.2, 0) is 37.4 Å². The first-order chi connectivity index (χ1) is 17.2. The van der Waals surface area contributed by atoms with Gasteiger partial charge in [-0.25, -0.2) is 9.55 Å². The van der Waals surface area contributed by atoms with Crippen LogP contribution in [0.25, 0.3) is 22.3 Å². The number of benzene rings is 1. The zero-order chi connectivity index (χ0) is 26.9. The number of carbonyl (C=O) groups is 1. The lowest BCUT2D eigenvalue weighted by Crippen LogP contribution is -2.30. The first kappa shape index (κ1) is 25.4. The zero-order valence-electron chi connectivity index (χ0n) is 19.5. The van der Waals surface area contributed by atoms with E-state index < -0.39 is 37.7 Å². The van der Waals surface area contributed by atoms with E-state index in [1.807, 2.05) is 0 Å². The maximum Gasteiger partial charge on any atom is 0.527 e. The highest BCUT2D eigenvalue weighted by Crippen LogP contribution is 2.46. The number of nitrogens with zero attached hydrogens (tertiary/aromatic N) is 2. The van der Waals surface area contributed by atoms with Crippen molar-refractivity contribution in [2.45, 2.75) is 45.2 Å². The summed E-state index contributed by atoms with van der Waals surface area (Å²) in [5.74, 6) is -0.831. The molecule has 2 aromatic heterocycles. The summed E-state index contributed by atoms with van der Waals surface area (Å²) in [7, 11) is -5.05. The second-order valence-electron chi connectivity index (χ2n) is 9.12. The van der Waals surface area contributed by atoms with Crippen LogP contribution >= 0.6 is 7.82 Å². The van der Waals surface area contributed by atoms with Crippen LogP contribution < -0.4 is 10.1 Å². The molecule has 10 nitrogen and oxygen atoms in total. The summed E-state index contributed by atoms with van der Waals surface area (Å²) in [5, 5.41) is 11.4. The molecule has 4 heterocycles. The Morgan fingerprint density at radius 2 is 1.97 bits per heavy atom. The lowest BCUT2D eigenvalue weighted by Gasteiger charge is -2.22. The van der Waals surface area contributed by atoms with Crippen molar-refractivity contribution in [3.8, 4) is 17.1 Å². The van der Waals surface area contributed by atoms with Gasteiger partial charge in [0.1, 0.15) is 12.4 Å². The largest absolute Gasteiger partial charge is 0.527 e. The lowest BCUT2D eigenvalue weighted by molar-refractivity contribution is -0.156. The van der Waals surface area contributed by atoms with Crippen molar-refractivity contribution in [3.63, 3.8) is 0 Å². The van der Waals surface area contributed by atoms with E-state index in [4.69, 9.17) is 9.26 Å². The predicted molar refractivity (Wildman–Crippen MR) is 122 cm³/mol. The minimum atomic E-state index is -5.05. The highest BCUT2D eigenvalue weighted by Gasteiger charge is 2.38. The molecule has 0 radical (unpaired) electrons. The molecular formula is C23H20F3N2O8P. The number of aliphatic hydroxyl groups is 1. The molecule has 196 valence electrons. The molecule has 3 aromatic rings. The van der Waals surface area contributed by atoms with Gasteiger partial charge in [0.2, 0.25) is 0 Å². The first-order valence-corrected chi connectivity index (χ1v) is 12.5. The second-order valence-corrected chi connectivity index (χ2v) is 10.5. The van der Waals surface area contributed by atoms with Crippen molar-refractivity contribution in [1.82, 2.24) is 9.55 Å². The molecule has 2 aliphatic rings. The fraction of sp³-hybridized carbons (Fsp3) is 0.348. The van der Waals surface area contributed by atoms with Gasteiger partial charge >= 0.3 is 20.0 Å². The number of cyclic esters (lactones) is 1. The third-order valence-electron chi connectivity index (χ3n) is 6.36. The monoisotopic (exact) mass is 540 g/mol. The van der Waals surface area contributed by atoms with Crippen molar-refractivity contribution in [2.75, 3.05) is 6.61 Å². The van der Waals surface area contributed by atoms with Crippen molar-refractivity contribution in [3.05, 3.63) is 56.9 Å². The Morgan fingerprint density at radius 3 is 2.68 bits per heavy atom. The van der Waals surface area contributed by atoms with Gasteiger partial charge in [-0.1, -0.05) is 0 Å². The summed E-state index contributed by atoms with van der Waals surface area (Å²) in [4.78, 5) is 39.5. The van der Waals surface area contributed by atoms with Gasteiger partial charge in [0.05, 0.1) is 41.0 Å². The van der Waals surface area contributed by atoms with Crippen LogP contribution in [-0.4, -0.2) is 38.3 Å². The smallest absolute Gasteiger partial charge is 0.460 e. The van der Waals surface area contributed by atoms with Gasteiger partial charge in [0.15, 0.2) is 6.61 Å². The number of pyridine rings is 2. The van der Waals surface area contributed by atoms with E-state index in [0.29, 0.717) is 33.4 Å². The number of hydrogen-bond acceptors (Lipinski definition) is 8. The average molecular weight is 540 g/mol. The second kappa shape index (κ2) is 8.38. The predicted octanol–water partition coefficient (Wildman–Crippen LogP) is 3.45. The number of rotatable bonds is 4. The fourth-order valence-corrected chi connectivity index (χ4v) is 5.36. The van der Waals surface area contributed by atoms with Crippen LogP contribution in [0.15, 0.2) is 29.1 Å². The minimum Gasteiger partial charge on any atom is -0.460 e. The Labute approximate surface area is 206 Å². The summed E-state index contributed by atoms with van der Waals surface area (Å²) >= 11 is 0. The molecule has 5 rings (SSSR count). The van der Waals surface area contributed by atoms with Gasteiger partial charge in [-0.05, 0) is 49.2 Å². The van der Waals surface area contributed by atoms with Gasteiger partial charge in [0.25, 0.3) is 5.56 Å². The van der Waals surface area contributed by atoms with Crippen molar-refractivity contribution in [2.24, 2.45) is 0 Å². The van der Waals surface area contributed by atoms with Crippen LogP contribution in [0, 0.1) is 6.92 Å². The number of aryl methyl sites for hydroxylation is 1. The Kier molecular flexibility index (Phi) is 5.76. The third kappa shape index (κ3) is 4.63. The van der Waals surface area contributed by atoms with E-state index in [1.54, 1.807) is 13.0 Å². The number of phosphoric ester groups is 1. The number of phosphoric acid groups is 1. The van der Waals surface area contributed by atoms with E-state index in [-0.39, 0.29) is 36.4 Å². The normalized spacial score (nSPS) is 20.5. The molecule has 0 bridgehead atoms. The molecule has 2 atom stereocenters. The molecule has 37 heavy (non-hydrogen) atoms. The molecule has 0 saturated carbocycles. The van der Waals surface area contributed by atoms with Crippen LogP contribution in [0.1, 0.15) is 35.6 Å². The lowest BCUT2D eigenvalue weighted by atomic mass is 9.89. The Bertz CT molecular complexity index is 1580. The number of ether oxygens (including phenoxy) is 1. The molecule has 2 unspecified atom stereocenters. The number of alkyl halides is 3. The zero-order valence-corrected chi connectivity index (χ0v) is 20.4. The fourth-order valence-electron chi connectivity index (χ4n) is 4.62. The average Bonchev–Trinajstić information content (AvgIpc) is 3.10. The van der Waals surface area contributed by atoms with Crippen LogP contribution in [0.2, 0.25) is 0 Å². The molecule has 0 saturated heterocycles. The van der Waals surface area contributed by atoms with Gasteiger partial charge in [-0.3, -0.25) is 19.0 Å². The SMILES string of the molecule is Cc1c2c(nc3ccc(OP(=O)(O)OCC(F)(F)F)cc13)-c1cc3c(c(=O)n1C2)COC(=O)CC3(C)O. The van der Waals surface area contributed by atoms with Crippen LogP contribution in [0.4, 0.5) is 13.2 Å². The number of halogens is 3. The summed E-state index contributed by atoms with van der Waals surface area (Å²) < 4.78 is 64.4. The Hall–Kier alpha value is -3.25. The molecule has 0 spiro atoms. The van der Waals surface area contributed by atoms with E-state index in [9.17, 15) is 37.3 Å². The number of aromatic nitrogens is 2. The number of hydrogen-bond donors (Lipinski definition) is 2. The maximum absolute atomic E-state index is 13.3. The van der Waals surface area contributed by atoms with Crippen molar-refractivity contribution in [1.29, 1.82) is 0 Å². The van der Waals surface area contributed by atoms with Gasteiger partial charge in [-0.2, -0.15) is 13.2 Å². The highest BCUT2D eigenvalue weighted by atomic mass is 31.2. The standard InChI is InChI=1S/C23H20F3N2O8P/c1-11-13-5-12(36-37(32,33)35-10-23(24,25)26)3-4-17(13)27-20-14(11)8-28-18(20)6-16-15(21(28)30)9-34-19(29)7-22(16,2)31/h3-6,31H,7-10H2,1-2H3,(H,32,33). The molecule has 0 amide bonds. The van der Waals surface area contributed by atoms with Crippen LogP contribution in [0.3, 0.4) is 0 Å². The Morgan fingerprint density at radius 1 is 1.24 bits per heavy atom. The number of fused-ring (bicyclic) bond motifs is 5. The summed E-state index contributed by atoms with van der Waals surface area (Å²) in [6, 6.07) is 5.69. The molecule has 2 N–H and O–H groups in total. The highest BCUT2D eigenvalue weighted by molar-refractivity contribution is 7.47. The summed E-state index contributed by atoms with van der Waals surface area (Å²) in [5.41, 5.74) is 1.07. The maximum atomic E-state index is 13.3. The quantitative estimate of drug-likeness (QED) is 0.295. The molecule has 0 fully saturated rings. The number of esters is 1. The van der Waals surface area contributed by atoms with Crippen molar-refractivity contribution >= 4 is 24.7 Å². The number of carbonyl (C=O) groups excluding carboxylic acids is 1. The van der Waals surface area contributed by atoms with Gasteiger partial charge in [-0.15, -0.1) is 0 Å². The van der Waals surface area contributed by atoms with E-state index in [2.05, 4.69) is 9.51 Å². The van der Waals surface area contributed by atoms with Crippen molar-refractivity contribution < 1.29 is 46.3 Å². The minimum absolute atomic E-state index is 0.125. The summed E-state index contributed by atoms with van der Waals surface area (Å²) in [6.07, 6.45) is -5.13. The van der Waals surface area contributed by atoms with Gasteiger partial charge < -0.3 is 18.9 Å². The van der Waals surface area contributed by atoms with E-state index in [1.165, 1.54) is 29.7 Å². The Balaban J connectivity index is 1.56. The molecular weight excluding hydrogens is 520 g/mol. The molecule has 0 aliphatic carbocycles. The molecule has 1 aromatic carbocycles. The molecule has 14 heteroatoms. The summed E-state index contributed by atoms with van der Waals surface area (Å²) in [6.45, 7) is 1.08. The van der Waals surface area contributed by atoms with Gasteiger partial charge in [0, 0.05) is 10.9 Å². The van der Waals surface area contributed by atoms with E-state index >= 15 is 0 Å². The third-order valence-corrected chi connectivity index (χ3v) is 7.26. The van der Waals surface area contributed by atoms with Crippen LogP contribution in [0.5, 0.6) is 5.75 Å². The first-order valence-electron chi connectivity index (χ1n) is 11.0. The molecule has 2 aliphatic heterocycles. The van der Waals surface area contributed by atoms with E-state index in [0.717, 1.165) is 0 Å². The topological polar surface area (TPSA) is 137 Å².